The van der Waals surface area contributed by atoms with Crippen molar-refractivity contribution in [3.8, 4) is 10.4 Å². The van der Waals surface area contributed by atoms with Gasteiger partial charge in [-0.3, -0.25) is 0 Å². The van der Waals surface area contributed by atoms with Crippen LogP contribution in [0.5, 0.6) is 0 Å². The van der Waals surface area contributed by atoms with Crippen molar-refractivity contribution in [1.29, 1.82) is 0 Å². The smallest absolute Gasteiger partial charge is 0.0956 e. The van der Waals surface area contributed by atoms with Crippen LogP contribution in [-0.4, -0.2) is 9.36 Å². The van der Waals surface area contributed by atoms with Crippen LogP contribution in [-0.2, 0) is 0 Å². The number of hydrogen-bond donors (Lipinski definition) is 0. The lowest BCUT2D eigenvalue weighted by Crippen LogP contribution is -1.81. The minimum atomic E-state index is 0.519. The summed E-state index contributed by atoms with van der Waals surface area (Å²) in [6.07, 6.45) is 3.83. The SMILES string of the molecule is CC(C)c1ncc(-c2cnsc2)s1. The van der Waals surface area contributed by atoms with Crippen molar-refractivity contribution in [3.63, 3.8) is 0 Å². The van der Waals surface area contributed by atoms with Crippen LogP contribution in [0.25, 0.3) is 10.4 Å². The first-order chi connectivity index (χ1) is 6.27. The molecule has 2 nitrogen and oxygen atoms in total. The molecule has 2 rings (SSSR count). The first kappa shape index (κ1) is 8.84. The van der Waals surface area contributed by atoms with E-state index in [0.717, 1.165) is 0 Å². The Labute approximate surface area is 85.4 Å². The summed E-state index contributed by atoms with van der Waals surface area (Å²) in [5.41, 5.74) is 1.19. The van der Waals surface area contributed by atoms with Crippen LogP contribution in [0.4, 0.5) is 0 Å². The highest BCUT2D eigenvalue weighted by Crippen LogP contribution is 2.29. The van der Waals surface area contributed by atoms with Gasteiger partial charge in [0, 0.05) is 29.3 Å². The Kier molecular flexibility index (Phi) is 2.42. The third-order valence-electron chi connectivity index (χ3n) is 1.73. The fraction of sp³-hybridized carbons (Fsp3) is 0.333. The molecule has 0 atom stereocenters. The summed E-state index contributed by atoms with van der Waals surface area (Å²) in [5, 5.41) is 3.25. The zero-order valence-corrected chi connectivity index (χ0v) is 9.15. The summed E-state index contributed by atoms with van der Waals surface area (Å²) < 4.78 is 4.07. The molecule has 0 unspecified atom stereocenters. The van der Waals surface area contributed by atoms with Gasteiger partial charge in [0.25, 0.3) is 0 Å². The van der Waals surface area contributed by atoms with Crippen LogP contribution in [0.3, 0.4) is 0 Å². The molecule has 0 N–H and O–H groups in total. The quantitative estimate of drug-likeness (QED) is 0.759. The molecule has 0 aliphatic carbocycles. The third kappa shape index (κ3) is 1.78. The first-order valence-corrected chi connectivity index (χ1v) is 5.78. The topological polar surface area (TPSA) is 25.8 Å². The van der Waals surface area contributed by atoms with E-state index in [4.69, 9.17) is 0 Å². The molecular formula is C9H10N2S2. The fourth-order valence-electron chi connectivity index (χ4n) is 1.01. The summed E-state index contributed by atoms with van der Waals surface area (Å²) in [5.74, 6) is 0.519. The van der Waals surface area contributed by atoms with Crippen molar-refractivity contribution >= 4 is 22.9 Å². The highest BCUT2D eigenvalue weighted by Gasteiger charge is 2.07. The molecule has 0 aliphatic rings. The standard InChI is InChI=1S/C9H10N2S2/c1-6(2)9-10-4-8(13-9)7-3-11-12-5-7/h3-6H,1-2H3. The maximum atomic E-state index is 4.37. The molecular weight excluding hydrogens is 200 g/mol. The zero-order chi connectivity index (χ0) is 9.26. The van der Waals surface area contributed by atoms with Crippen LogP contribution in [0.2, 0.25) is 0 Å². The van der Waals surface area contributed by atoms with Crippen LogP contribution in [0.15, 0.2) is 17.8 Å². The lowest BCUT2D eigenvalue weighted by atomic mass is 10.2. The molecule has 0 aliphatic heterocycles. The highest BCUT2D eigenvalue weighted by atomic mass is 32.1. The lowest BCUT2D eigenvalue weighted by Gasteiger charge is -1.95. The summed E-state index contributed by atoms with van der Waals surface area (Å²) in [6.45, 7) is 4.32. The summed E-state index contributed by atoms with van der Waals surface area (Å²) in [6, 6.07) is 0. The molecule has 0 saturated heterocycles. The monoisotopic (exact) mass is 210 g/mol. The third-order valence-corrected chi connectivity index (χ3v) is 3.67. The normalized spacial score (nSPS) is 11.0. The van der Waals surface area contributed by atoms with Crippen molar-refractivity contribution in [1.82, 2.24) is 9.36 Å². The van der Waals surface area contributed by atoms with Crippen LogP contribution in [0.1, 0.15) is 24.8 Å². The zero-order valence-electron chi connectivity index (χ0n) is 7.52. The van der Waals surface area contributed by atoms with Gasteiger partial charge in [-0.05, 0) is 11.5 Å². The van der Waals surface area contributed by atoms with Gasteiger partial charge in [0.2, 0.25) is 0 Å². The van der Waals surface area contributed by atoms with Gasteiger partial charge < -0.3 is 0 Å². The van der Waals surface area contributed by atoms with Gasteiger partial charge in [0.1, 0.15) is 0 Å². The second-order valence-corrected chi connectivity index (χ2v) is 4.85. The van der Waals surface area contributed by atoms with Crippen molar-refractivity contribution in [2.75, 3.05) is 0 Å². The van der Waals surface area contributed by atoms with E-state index in [-0.39, 0.29) is 0 Å². The largest absolute Gasteiger partial charge is 0.249 e. The Morgan fingerprint density at radius 1 is 1.31 bits per heavy atom. The average molecular weight is 210 g/mol. The van der Waals surface area contributed by atoms with Crippen LogP contribution in [0, 0.1) is 0 Å². The minimum absolute atomic E-state index is 0.519. The van der Waals surface area contributed by atoms with Gasteiger partial charge >= 0.3 is 0 Å². The second-order valence-electron chi connectivity index (χ2n) is 3.13. The molecule has 2 aromatic rings. The molecule has 0 amide bonds. The summed E-state index contributed by atoms with van der Waals surface area (Å²) in [4.78, 5) is 5.59. The van der Waals surface area contributed by atoms with E-state index in [2.05, 4.69) is 28.6 Å². The molecule has 0 fully saturated rings. The van der Waals surface area contributed by atoms with Gasteiger partial charge in [-0.15, -0.1) is 11.3 Å². The Balaban J connectivity index is 2.33. The number of aromatic nitrogens is 2. The molecule has 0 radical (unpaired) electrons. The van der Waals surface area contributed by atoms with Crippen molar-refractivity contribution < 1.29 is 0 Å². The predicted octanol–water partition coefficient (Wildman–Crippen LogP) is 3.39. The summed E-state index contributed by atoms with van der Waals surface area (Å²) >= 11 is 3.24. The van der Waals surface area contributed by atoms with E-state index in [1.54, 1.807) is 11.3 Å². The Morgan fingerprint density at radius 2 is 2.15 bits per heavy atom. The second kappa shape index (κ2) is 3.55. The minimum Gasteiger partial charge on any atom is -0.249 e. The molecule has 0 aromatic carbocycles. The Hall–Kier alpha value is -0.740. The molecule has 68 valence electrons. The average Bonchev–Trinajstić information content (AvgIpc) is 2.75. The fourth-order valence-corrected chi connectivity index (χ4v) is 2.53. The van der Waals surface area contributed by atoms with Crippen molar-refractivity contribution in [2.45, 2.75) is 19.8 Å². The highest BCUT2D eigenvalue weighted by molar-refractivity contribution is 7.15. The van der Waals surface area contributed by atoms with Gasteiger partial charge in [0.15, 0.2) is 0 Å². The number of rotatable bonds is 2. The predicted molar refractivity (Wildman–Crippen MR) is 57.3 cm³/mol. The van der Waals surface area contributed by atoms with Crippen molar-refractivity contribution in [3.05, 3.63) is 22.8 Å². The maximum Gasteiger partial charge on any atom is 0.0956 e. The van der Waals surface area contributed by atoms with Gasteiger partial charge in [-0.25, -0.2) is 9.36 Å². The molecule has 13 heavy (non-hydrogen) atoms. The first-order valence-electron chi connectivity index (χ1n) is 4.13. The Bertz CT molecular complexity index is 376. The number of nitrogens with zero attached hydrogens (tertiary/aromatic N) is 2. The van der Waals surface area contributed by atoms with E-state index < -0.39 is 0 Å². The van der Waals surface area contributed by atoms with E-state index in [1.807, 2.05) is 12.4 Å². The van der Waals surface area contributed by atoms with E-state index in [1.165, 1.54) is 27.0 Å². The van der Waals surface area contributed by atoms with E-state index >= 15 is 0 Å². The van der Waals surface area contributed by atoms with Crippen molar-refractivity contribution in [2.24, 2.45) is 0 Å². The van der Waals surface area contributed by atoms with Gasteiger partial charge in [0.05, 0.1) is 9.88 Å². The molecule has 0 spiro atoms. The Morgan fingerprint density at radius 3 is 2.69 bits per heavy atom. The lowest BCUT2D eigenvalue weighted by molar-refractivity contribution is 0.852. The number of thiazole rings is 1. The molecule has 4 heteroatoms. The van der Waals surface area contributed by atoms with Gasteiger partial charge in [-0.2, -0.15) is 0 Å². The maximum absolute atomic E-state index is 4.37. The van der Waals surface area contributed by atoms with E-state index in [9.17, 15) is 0 Å². The van der Waals surface area contributed by atoms with E-state index in [0.29, 0.717) is 5.92 Å². The molecule has 2 heterocycles. The summed E-state index contributed by atoms with van der Waals surface area (Å²) in [7, 11) is 0. The van der Waals surface area contributed by atoms with Crippen LogP contribution < -0.4 is 0 Å². The molecule has 2 aromatic heterocycles. The van der Waals surface area contributed by atoms with Gasteiger partial charge in [-0.1, -0.05) is 13.8 Å². The number of hydrogen-bond acceptors (Lipinski definition) is 4. The molecule has 0 saturated carbocycles. The molecule has 0 bridgehead atoms. The van der Waals surface area contributed by atoms with Crippen LogP contribution >= 0.6 is 22.9 Å².